The number of hydrogen-bond acceptors (Lipinski definition) is 8. The molecular weight excluding hydrogens is 236 g/mol. The van der Waals surface area contributed by atoms with Gasteiger partial charge >= 0.3 is 0 Å². The van der Waals surface area contributed by atoms with Gasteiger partial charge in [0.05, 0.1) is 6.61 Å². The molecule has 9 heteroatoms. The average molecular weight is 252 g/mol. The molecule has 0 spiro atoms. The monoisotopic (exact) mass is 252 g/mol. The molecule has 8 N–H and O–H groups in total. The summed E-state index contributed by atoms with van der Waals surface area (Å²) in [4.78, 5) is 21.2. The van der Waals surface area contributed by atoms with Gasteiger partial charge in [-0.2, -0.15) is 0 Å². The highest BCUT2D eigenvalue weighted by atomic mass is 16.4. The first-order valence-electron chi connectivity index (χ1n) is 4.57. The Bertz CT molecular complexity index is 296. The number of nitrogens with two attached hydrogens (primary N) is 1. The number of aliphatic hydroxyl groups excluding tert-OH is 3. The highest BCUT2D eigenvalue weighted by Crippen LogP contribution is 2.19. The third kappa shape index (κ3) is 3.43. The van der Waals surface area contributed by atoms with Gasteiger partial charge in [-0.25, -0.2) is 0 Å². The van der Waals surface area contributed by atoms with E-state index in [1.807, 2.05) is 0 Å². The largest absolute Gasteiger partial charge is 0.393 e. The highest BCUT2D eigenvalue weighted by molar-refractivity contribution is 5.74. The number of nitrogens with one attached hydrogen (secondary N) is 1. The van der Waals surface area contributed by atoms with E-state index in [1.165, 1.54) is 0 Å². The summed E-state index contributed by atoms with van der Waals surface area (Å²) in [6.45, 7) is -0.110. The Balaban J connectivity index is 5.31. The van der Waals surface area contributed by atoms with Gasteiger partial charge < -0.3 is 30.8 Å². The fourth-order valence-corrected chi connectivity index (χ4v) is 1.17. The van der Waals surface area contributed by atoms with Gasteiger partial charge in [0.1, 0.15) is 6.10 Å². The summed E-state index contributed by atoms with van der Waals surface area (Å²) in [5, 5.41) is 48.2. The summed E-state index contributed by atoms with van der Waals surface area (Å²) < 4.78 is 0. The minimum atomic E-state index is -2.91. The Labute approximate surface area is 96.5 Å². The van der Waals surface area contributed by atoms with Gasteiger partial charge in [-0.1, -0.05) is 0 Å². The van der Waals surface area contributed by atoms with Crippen LogP contribution in [-0.4, -0.2) is 68.0 Å². The number of carbonyl (C=O) groups is 2. The molecule has 0 aromatic carbocycles. The quantitative estimate of drug-likeness (QED) is 0.182. The molecular formula is C8H16N2O7. The molecule has 0 rings (SSSR count). The predicted molar refractivity (Wildman–Crippen MR) is 53.1 cm³/mol. The minimum Gasteiger partial charge on any atom is -0.393 e. The summed E-state index contributed by atoms with van der Waals surface area (Å²) in [6.07, 6.45) is -4.79. The molecule has 4 atom stereocenters. The summed E-state index contributed by atoms with van der Waals surface area (Å²) in [5.74, 6) is -0.888. The minimum absolute atomic E-state index is 0.283. The Kier molecular flexibility index (Phi) is 5.13. The third-order valence-electron chi connectivity index (χ3n) is 2.10. The van der Waals surface area contributed by atoms with Gasteiger partial charge in [0, 0.05) is 6.92 Å². The van der Waals surface area contributed by atoms with Crippen LogP contribution in [0.4, 0.5) is 0 Å². The fourth-order valence-electron chi connectivity index (χ4n) is 1.17. The molecule has 0 aliphatic carbocycles. The number of aliphatic hydroxyl groups is 5. The molecule has 0 saturated carbocycles. The summed E-state index contributed by atoms with van der Waals surface area (Å²) in [7, 11) is 0. The molecule has 0 heterocycles. The zero-order chi connectivity index (χ0) is 13.9. The second-order valence-electron chi connectivity index (χ2n) is 3.61. The lowest BCUT2D eigenvalue weighted by Crippen LogP contribution is -2.73. The molecule has 0 bridgehead atoms. The lowest BCUT2D eigenvalue weighted by atomic mass is 9.92. The van der Waals surface area contributed by atoms with Crippen molar-refractivity contribution in [1.29, 1.82) is 0 Å². The first kappa shape index (κ1) is 15.9. The maximum absolute atomic E-state index is 10.8. The van der Waals surface area contributed by atoms with Crippen molar-refractivity contribution in [3.63, 3.8) is 0 Å². The van der Waals surface area contributed by atoms with Gasteiger partial charge in [0.25, 0.3) is 0 Å². The van der Waals surface area contributed by atoms with Crippen LogP contribution in [0.15, 0.2) is 0 Å². The van der Waals surface area contributed by atoms with Crippen LogP contribution in [-0.2, 0) is 9.59 Å². The van der Waals surface area contributed by atoms with E-state index < -0.39 is 36.2 Å². The zero-order valence-corrected chi connectivity index (χ0v) is 9.07. The molecule has 0 aliphatic rings. The van der Waals surface area contributed by atoms with Gasteiger partial charge in [-0.15, -0.1) is 0 Å². The van der Waals surface area contributed by atoms with E-state index in [0.717, 1.165) is 6.92 Å². The maximum atomic E-state index is 10.8. The van der Waals surface area contributed by atoms with Crippen molar-refractivity contribution < 1.29 is 35.1 Å². The van der Waals surface area contributed by atoms with Crippen LogP contribution >= 0.6 is 0 Å². The van der Waals surface area contributed by atoms with Crippen molar-refractivity contribution in [2.45, 2.75) is 30.6 Å². The smallest absolute Gasteiger partial charge is 0.219 e. The normalized spacial score (nSPS) is 21.8. The molecule has 0 aromatic heterocycles. The van der Waals surface area contributed by atoms with E-state index >= 15 is 0 Å². The molecule has 0 aromatic rings. The van der Waals surface area contributed by atoms with E-state index in [9.17, 15) is 30.0 Å². The van der Waals surface area contributed by atoms with E-state index in [2.05, 4.69) is 0 Å². The molecule has 0 radical (unpaired) electrons. The van der Waals surface area contributed by atoms with Crippen LogP contribution in [0.3, 0.4) is 0 Å². The third-order valence-corrected chi connectivity index (χ3v) is 2.10. The molecule has 17 heavy (non-hydrogen) atoms. The Morgan fingerprint density at radius 1 is 1.47 bits per heavy atom. The predicted octanol–water partition coefficient (Wildman–Crippen LogP) is -4.63. The van der Waals surface area contributed by atoms with E-state index in [-0.39, 0.29) is 6.29 Å². The first-order valence-corrected chi connectivity index (χ1v) is 4.57. The molecule has 0 aliphatic heterocycles. The Hall–Kier alpha value is -1.10. The Morgan fingerprint density at radius 3 is 2.24 bits per heavy atom. The van der Waals surface area contributed by atoms with Crippen molar-refractivity contribution in [2.24, 2.45) is 5.73 Å². The second-order valence-corrected chi connectivity index (χ2v) is 3.61. The van der Waals surface area contributed by atoms with Crippen LogP contribution in [0, 0.1) is 0 Å². The van der Waals surface area contributed by atoms with Gasteiger partial charge in [0.2, 0.25) is 11.6 Å². The topological polar surface area (TPSA) is 173 Å². The van der Waals surface area contributed by atoms with Crippen molar-refractivity contribution >= 4 is 12.2 Å². The summed E-state index contributed by atoms with van der Waals surface area (Å²) >= 11 is 0. The van der Waals surface area contributed by atoms with Crippen LogP contribution in [0.5, 0.6) is 0 Å². The highest BCUT2D eigenvalue weighted by Gasteiger charge is 2.52. The average Bonchev–Trinajstić information content (AvgIpc) is 2.25. The lowest BCUT2D eigenvalue weighted by molar-refractivity contribution is -0.221. The number of hydrogen-bond donors (Lipinski definition) is 7. The molecule has 1 amide bonds. The van der Waals surface area contributed by atoms with Crippen LogP contribution in [0.2, 0.25) is 0 Å². The van der Waals surface area contributed by atoms with E-state index in [0.29, 0.717) is 0 Å². The first-order chi connectivity index (χ1) is 7.61. The molecule has 0 fully saturated rings. The summed E-state index contributed by atoms with van der Waals surface area (Å²) in [5.41, 5.74) is -0.832. The molecule has 0 unspecified atom stereocenters. The standard InChI is InChI=1S/C8H16N2O7/c1-4(13)10-8(17,5(14)2-11)6(15)7(9,16)3-12/h3,5-6,11,14-17H,2,9H2,1H3,(H,10,13)/t5-,6-,7+,8-/m0/s1. The zero-order valence-electron chi connectivity index (χ0n) is 9.07. The molecule has 9 nitrogen and oxygen atoms in total. The van der Waals surface area contributed by atoms with E-state index in [1.54, 1.807) is 5.32 Å². The lowest BCUT2D eigenvalue weighted by Gasteiger charge is -2.40. The van der Waals surface area contributed by atoms with Crippen molar-refractivity contribution in [2.75, 3.05) is 6.61 Å². The van der Waals surface area contributed by atoms with Crippen LogP contribution in [0.1, 0.15) is 6.92 Å². The summed E-state index contributed by atoms with van der Waals surface area (Å²) in [6, 6.07) is 0. The van der Waals surface area contributed by atoms with Crippen molar-refractivity contribution in [3.05, 3.63) is 0 Å². The fraction of sp³-hybridized carbons (Fsp3) is 0.750. The number of carbonyl (C=O) groups excluding carboxylic acids is 2. The number of amides is 1. The van der Waals surface area contributed by atoms with Crippen LogP contribution < -0.4 is 11.1 Å². The second kappa shape index (κ2) is 5.49. The van der Waals surface area contributed by atoms with E-state index in [4.69, 9.17) is 10.8 Å². The maximum Gasteiger partial charge on any atom is 0.219 e. The SMILES string of the molecule is CC(=O)N[C@@](O)([C@@H](O)[C@](N)(O)C=O)[C@@H](O)CO. The number of rotatable bonds is 6. The molecule has 100 valence electrons. The van der Waals surface area contributed by atoms with Gasteiger partial charge in [-0.05, 0) is 0 Å². The Morgan fingerprint density at radius 2 is 1.94 bits per heavy atom. The number of aldehydes is 1. The van der Waals surface area contributed by atoms with Gasteiger partial charge in [0.15, 0.2) is 18.1 Å². The van der Waals surface area contributed by atoms with Crippen molar-refractivity contribution in [1.82, 2.24) is 5.32 Å². The van der Waals surface area contributed by atoms with Crippen molar-refractivity contribution in [3.8, 4) is 0 Å². The molecule has 0 saturated heterocycles. The van der Waals surface area contributed by atoms with Crippen LogP contribution in [0.25, 0.3) is 0 Å². The van der Waals surface area contributed by atoms with Gasteiger partial charge in [-0.3, -0.25) is 15.3 Å².